The second-order valence-corrected chi connectivity index (χ2v) is 13.2. The molecule has 5 aromatic rings. The maximum absolute atomic E-state index is 13.9. The Kier molecular flexibility index (Phi) is 13.1. The minimum atomic E-state index is -5.21. The smallest absolute Gasteiger partial charge is 0.416 e. The first-order valence-corrected chi connectivity index (χ1v) is 17.8. The Morgan fingerprint density at radius 3 is 2.02 bits per heavy atom. The number of carbonyl (C=O) groups is 3. The highest BCUT2D eigenvalue weighted by Crippen LogP contribution is 2.38. The molecule has 5 rings (SSSR count). The summed E-state index contributed by atoms with van der Waals surface area (Å²) in [5.74, 6) is -2.40. The average Bonchev–Trinajstić information content (AvgIpc) is 3.16. The number of carboxylic acids is 1. The molecule has 0 unspecified atom stereocenters. The normalized spacial score (nSPS) is 12.1. The van der Waals surface area contributed by atoms with Crippen LogP contribution in [0.25, 0.3) is 11.1 Å². The van der Waals surface area contributed by atoms with Crippen molar-refractivity contribution in [1.29, 1.82) is 0 Å². The highest BCUT2D eigenvalue weighted by Gasteiger charge is 2.38. The molecule has 14 heteroatoms. The molecule has 1 atom stereocenters. The number of benzene rings is 5. The molecule has 2 N–H and O–H groups in total. The lowest BCUT2D eigenvalue weighted by molar-refractivity contribution is -0.143. The van der Waals surface area contributed by atoms with Gasteiger partial charge in [0.05, 0.1) is 22.4 Å². The maximum atomic E-state index is 13.9. The number of nitrogens with zero attached hydrogens (tertiary/aromatic N) is 1. The number of aliphatic carboxylic acids is 1. The predicted octanol–water partition coefficient (Wildman–Crippen LogP) is 11.1. The minimum absolute atomic E-state index is 0.00253. The number of halogens is 7. The lowest BCUT2D eigenvalue weighted by Crippen LogP contribution is -2.43. The Bertz CT molecular complexity index is 2140. The molecule has 0 spiro atoms. The molecule has 56 heavy (non-hydrogen) atoms. The van der Waals surface area contributed by atoms with Gasteiger partial charge < -0.3 is 20.1 Å². The number of rotatable bonds is 14. The van der Waals surface area contributed by atoms with E-state index in [0.717, 1.165) is 22.1 Å². The number of amides is 2. The van der Waals surface area contributed by atoms with E-state index >= 15 is 0 Å². The fourth-order valence-electron chi connectivity index (χ4n) is 5.91. The summed E-state index contributed by atoms with van der Waals surface area (Å²) in [6.45, 7) is 1.65. The van der Waals surface area contributed by atoms with Crippen LogP contribution in [0.15, 0.2) is 115 Å². The third-order valence-electron chi connectivity index (χ3n) is 8.73. The lowest BCUT2D eigenvalue weighted by atomic mass is 9.99. The van der Waals surface area contributed by atoms with Crippen LogP contribution in [0.4, 0.5) is 32.0 Å². The topological polar surface area (TPSA) is 95.9 Å². The summed E-state index contributed by atoms with van der Waals surface area (Å²) in [4.78, 5) is 41.1. The van der Waals surface area contributed by atoms with E-state index in [1.165, 1.54) is 12.1 Å². The number of unbranched alkanes of at least 4 members (excludes halogenated alkanes) is 2. The van der Waals surface area contributed by atoms with Crippen molar-refractivity contribution in [3.05, 3.63) is 148 Å². The average molecular weight is 797 g/mol. The molecule has 0 saturated carbocycles. The van der Waals surface area contributed by atoms with Gasteiger partial charge in [-0.15, -0.1) is 0 Å². The first-order valence-electron chi connectivity index (χ1n) is 17.4. The van der Waals surface area contributed by atoms with Gasteiger partial charge in [-0.2, -0.15) is 26.3 Å². The number of ether oxygens (including phenoxy) is 1. The fraction of sp³-hybridized carbons (Fsp3) is 0.214. The summed E-state index contributed by atoms with van der Waals surface area (Å²) in [6, 6.07) is 26.2. The molecule has 0 heterocycles. The highest BCUT2D eigenvalue weighted by atomic mass is 35.5. The monoisotopic (exact) mass is 796 g/mol. The Morgan fingerprint density at radius 2 is 1.41 bits per heavy atom. The van der Waals surface area contributed by atoms with Gasteiger partial charge in [-0.05, 0) is 72.1 Å². The molecule has 7 nitrogen and oxygen atoms in total. The molecule has 0 bridgehead atoms. The zero-order chi connectivity index (χ0) is 40.6. The zero-order valence-corrected chi connectivity index (χ0v) is 30.5. The summed E-state index contributed by atoms with van der Waals surface area (Å²) >= 11 is 6.22. The maximum Gasteiger partial charge on any atom is 0.416 e. The summed E-state index contributed by atoms with van der Waals surface area (Å²) in [5, 5.41) is 12.6. The van der Waals surface area contributed by atoms with Gasteiger partial charge in [0, 0.05) is 29.1 Å². The number of carbonyl (C=O) groups excluding carboxylic acids is 2. The molecule has 0 radical (unpaired) electrons. The first-order chi connectivity index (χ1) is 26.5. The van der Waals surface area contributed by atoms with Crippen molar-refractivity contribution < 1.29 is 50.6 Å². The molecule has 0 aliphatic rings. The van der Waals surface area contributed by atoms with Crippen molar-refractivity contribution in [3.8, 4) is 22.6 Å². The molecule has 0 fully saturated rings. The molecular weight excluding hydrogens is 762 g/mol. The van der Waals surface area contributed by atoms with Gasteiger partial charge in [0.15, 0.2) is 0 Å². The van der Waals surface area contributed by atoms with Crippen molar-refractivity contribution in [2.75, 3.05) is 11.4 Å². The van der Waals surface area contributed by atoms with Gasteiger partial charge in [0.1, 0.15) is 17.5 Å². The zero-order valence-electron chi connectivity index (χ0n) is 29.8. The number of hydrogen-bond donors (Lipinski definition) is 2. The predicted molar refractivity (Wildman–Crippen MR) is 200 cm³/mol. The molecular formula is C42H35ClF6N2O5. The molecule has 292 valence electrons. The SMILES string of the molecule is CCCCCN(C(=O)c1cc(C(F)(F)F)cc(C(F)(F)F)c1)c1ccc(Cl)cc1C(=O)N[C@@H](Cc1ccc(-c2ccccc2Oc2ccccc2)cc1)C(=O)O. The Hall–Kier alpha value is -5.82. The Balaban J connectivity index is 1.43. The van der Waals surface area contributed by atoms with Gasteiger partial charge in [0.2, 0.25) is 0 Å². The number of para-hydroxylation sites is 2. The Labute approximate surface area is 323 Å². The largest absolute Gasteiger partial charge is 0.480 e. The van der Waals surface area contributed by atoms with Gasteiger partial charge in [-0.3, -0.25) is 9.59 Å². The fourth-order valence-corrected chi connectivity index (χ4v) is 6.08. The second kappa shape index (κ2) is 17.8. The number of carboxylic acid groups (broad SMARTS) is 1. The molecule has 0 saturated heterocycles. The summed E-state index contributed by atoms with van der Waals surface area (Å²) in [6.07, 6.45) is -9.14. The van der Waals surface area contributed by atoms with Crippen molar-refractivity contribution >= 4 is 35.1 Å². The number of nitrogens with one attached hydrogen (secondary N) is 1. The third kappa shape index (κ3) is 10.5. The van der Waals surface area contributed by atoms with Gasteiger partial charge >= 0.3 is 18.3 Å². The minimum Gasteiger partial charge on any atom is -0.480 e. The highest BCUT2D eigenvalue weighted by molar-refractivity contribution is 6.31. The molecule has 0 aromatic heterocycles. The second-order valence-electron chi connectivity index (χ2n) is 12.8. The van der Waals surface area contributed by atoms with Gasteiger partial charge in [0.25, 0.3) is 11.8 Å². The third-order valence-corrected chi connectivity index (χ3v) is 8.96. The van der Waals surface area contributed by atoms with Crippen LogP contribution in [-0.4, -0.2) is 35.5 Å². The van der Waals surface area contributed by atoms with E-state index in [1.807, 2.05) is 61.5 Å². The van der Waals surface area contributed by atoms with Crippen molar-refractivity contribution in [3.63, 3.8) is 0 Å². The first kappa shape index (κ1) is 41.3. The number of anilines is 1. The summed E-state index contributed by atoms with van der Waals surface area (Å²) in [7, 11) is 0. The lowest BCUT2D eigenvalue weighted by Gasteiger charge is -2.27. The van der Waals surface area contributed by atoms with Crippen LogP contribution in [0.2, 0.25) is 5.02 Å². The number of hydrogen-bond acceptors (Lipinski definition) is 4. The van der Waals surface area contributed by atoms with Crippen LogP contribution in [0, 0.1) is 0 Å². The van der Waals surface area contributed by atoms with Crippen molar-refractivity contribution in [2.24, 2.45) is 0 Å². The van der Waals surface area contributed by atoms with E-state index in [0.29, 0.717) is 42.0 Å². The summed E-state index contributed by atoms with van der Waals surface area (Å²) < 4.78 is 88.3. The van der Waals surface area contributed by atoms with E-state index in [-0.39, 0.29) is 41.7 Å². The van der Waals surface area contributed by atoms with E-state index in [1.54, 1.807) is 24.3 Å². The van der Waals surface area contributed by atoms with Crippen LogP contribution in [0.1, 0.15) is 63.6 Å². The van der Waals surface area contributed by atoms with E-state index < -0.39 is 52.9 Å². The van der Waals surface area contributed by atoms with Crippen LogP contribution in [-0.2, 0) is 23.6 Å². The van der Waals surface area contributed by atoms with Gasteiger partial charge in [-0.25, -0.2) is 4.79 Å². The van der Waals surface area contributed by atoms with E-state index in [2.05, 4.69) is 5.32 Å². The van der Waals surface area contributed by atoms with Crippen LogP contribution < -0.4 is 15.0 Å². The van der Waals surface area contributed by atoms with Crippen LogP contribution in [0.5, 0.6) is 11.5 Å². The summed E-state index contributed by atoms with van der Waals surface area (Å²) in [5.41, 5.74) is -2.69. The van der Waals surface area contributed by atoms with Crippen LogP contribution >= 0.6 is 11.6 Å². The standard InChI is InChI=1S/C42H35ClF6N2O5/c1-2-3-9-20-51(39(53)28-22-29(41(44,45)46)24-30(23-28)42(47,48)49)36-19-18-31(43)25-34(36)38(52)50-35(40(54)55)21-26-14-16-27(17-15-26)33-12-7-8-13-37(33)56-32-10-5-4-6-11-32/h4-8,10-19,22-25,35H,2-3,9,20-21H2,1H3,(H,50,52)(H,54,55)/t35-/m0/s1. The van der Waals surface area contributed by atoms with E-state index in [9.17, 15) is 45.8 Å². The molecule has 5 aromatic carbocycles. The molecule has 0 aliphatic carbocycles. The molecule has 0 aliphatic heterocycles. The van der Waals surface area contributed by atoms with Gasteiger partial charge in [-0.1, -0.05) is 92.0 Å². The van der Waals surface area contributed by atoms with Crippen molar-refractivity contribution in [2.45, 2.75) is 51.0 Å². The Morgan fingerprint density at radius 1 is 0.786 bits per heavy atom. The quantitative estimate of drug-likeness (QED) is 0.0862. The number of alkyl halides is 6. The van der Waals surface area contributed by atoms with Crippen molar-refractivity contribution in [1.82, 2.24) is 5.32 Å². The van der Waals surface area contributed by atoms with E-state index in [4.69, 9.17) is 16.3 Å². The molecule has 2 amide bonds. The van der Waals surface area contributed by atoms with Crippen LogP contribution in [0.3, 0.4) is 0 Å².